The molecule has 1 aliphatic heterocycles. The first kappa shape index (κ1) is 16.6. The van der Waals surface area contributed by atoms with Crippen LogP contribution in [0.1, 0.15) is 26.6 Å². The molecular weight excluding hydrogens is 288 g/mol. The fourth-order valence-corrected chi connectivity index (χ4v) is 2.28. The Balaban J connectivity index is 2.03. The number of tetrazole rings is 1. The molecule has 9 heteroatoms. The Labute approximate surface area is 129 Å². The van der Waals surface area contributed by atoms with Gasteiger partial charge < -0.3 is 15.2 Å². The van der Waals surface area contributed by atoms with Crippen LogP contribution < -0.4 is 5.73 Å². The quantitative estimate of drug-likeness (QED) is 0.817. The van der Waals surface area contributed by atoms with Crippen LogP contribution in [0.15, 0.2) is 0 Å². The molecule has 0 saturated carbocycles. The van der Waals surface area contributed by atoms with Crippen LogP contribution in [0.4, 0.5) is 4.79 Å². The first-order valence-corrected chi connectivity index (χ1v) is 7.32. The molecule has 0 bridgehead atoms. The predicted octanol–water partition coefficient (Wildman–Crippen LogP) is -0.284. The van der Waals surface area contributed by atoms with E-state index in [2.05, 4.69) is 15.4 Å². The van der Waals surface area contributed by atoms with Gasteiger partial charge in [0.25, 0.3) is 0 Å². The molecule has 0 aromatic carbocycles. The zero-order chi connectivity index (χ0) is 16.3. The van der Waals surface area contributed by atoms with Crippen LogP contribution in [-0.4, -0.2) is 68.6 Å². The summed E-state index contributed by atoms with van der Waals surface area (Å²) in [5.41, 5.74) is 5.69. The van der Waals surface area contributed by atoms with Gasteiger partial charge in [-0.25, -0.2) is 4.79 Å². The highest BCUT2D eigenvalue weighted by Gasteiger charge is 2.35. The molecule has 1 amide bonds. The van der Waals surface area contributed by atoms with Crippen molar-refractivity contribution in [2.45, 2.75) is 44.9 Å². The molecule has 0 spiro atoms. The van der Waals surface area contributed by atoms with E-state index in [1.54, 1.807) is 11.9 Å². The summed E-state index contributed by atoms with van der Waals surface area (Å²) in [6.07, 6.45) is 0.0459. The second-order valence-corrected chi connectivity index (χ2v) is 6.38. The second-order valence-electron chi connectivity index (χ2n) is 6.38. The van der Waals surface area contributed by atoms with E-state index in [9.17, 15) is 4.79 Å². The fraction of sp³-hybridized carbons (Fsp3) is 0.846. The normalized spacial score (nSPS) is 20.8. The van der Waals surface area contributed by atoms with E-state index < -0.39 is 5.60 Å². The highest BCUT2D eigenvalue weighted by molar-refractivity contribution is 5.68. The van der Waals surface area contributed by atoms with Crippen LogP contribution in [0.2, 0.25) is 0 Å². The Morgan fingerprint density at radius 1 is 1.55 bits per heavy atom. The SMILES string of the molecule is Cn1nnc(CC(N)C2COCCN2C(=O)OC(C)(C)C)n1. The minimum absolute atomic E-state index is 0.271. The second kappa shape index (κ2) is 6.57. The van der Waals surface area contributed by atoms with E-state index in [0.29, 0.717) is 32.0 Å². The number of amides is 1. The summed E-state index contributed by atoms with van der Waals surface area (Å²) in [5.74, 6) is 0.546. The maximum atomic E-state index is 12.3. The molecule has 22 heavy (non-hydrogen) atoms. The fourth-order valence-electron chi connectivity index (χ4n) is 2.28. The van der Waals surface area contributed by atoms with Gasteiger partial charge in [-0.05, 0) is 26.0 Å². The van der Waals surface area contributed by atoms with Crippen molar-refractivity contribution < 1.29 is 14.3 Å². The molecule has 1 aromatic heterocycles. The number of hydrogen-bond acceptors (Lipinski definition) is 7. The smallest absolute Gasteiger partial charge is 0.410 e. The van der Waals surface area contributed by atoms with Gasteiger partial charge in [-0.2, -0.15) is 4.80 Å². The Kier molecular flexibility index (Phi) is 4.97. The maximum absolute atomic E-state index is 12.3. The van der Waals surface area contributed by atoms with E-state index in [4.69, 9.17) is 15.2 Å². The van der Waals surface area contributed by atoms with Crippen LogP contribution in [-0.2, 0) is 22.9 Å². The Morgan fingerprint density at radius 3 is 2.86 bits per heavy atom. The van der Waals surface area contributed by atoms with Gasteiger partial charge in [-0.1, -0.05) is 0 Å². The number of aryl methyl sites for hydroxylation is 1. The third-order valence-electron chi connectivity index (χ3n) is 3.26. The summed E-state index contributed by atoms with van der Waals surface area (Å²) < 4.78 is 10.9. The first-order valence-electron chi connectivity index (χ1n) is 7.32. The zero-order valence-corrected chi connectivity index (χ0v) is 13.5. The van der Waals surface area contributed by atoms with Gasteiger partial charge in [0.15, 0.2) is 5.82 Å². The average Bonchev–Trinajstić information content (AvgIpc) is 2.82. The van der Waals surface area contributed by atoms with E-state index in [1.165, 1.54) is 4.80 Å². The summed E-state index contributed by atoms with van der Waals surface area (Å²) in [6, 6.07) is -0.621. The van der Waals surface area contributed by atoms with Crippen molar-refractivity contribution in [1.29, 1.82) is 0 Å². The Morgan fingerprint density at radius 2 is 2.27 bits per heavy atom. The van der Waals surface area contributed by atoms with Crippen molar-refractivity contribution in [3.63, 3.8) is 0 Å². The van der Waals surface area contributed by atoms with Gasteiger partial charge >= 0.3 is 6.09 Å². The molecule has 124 valence electrons. The lowest BCUT2D eigenvalue weighted by Crippen LogP contribution is -2.58. The maximum Gasteiger partial charge on any atom is 0.410 e. The molecule has 2 heterocycles. The van der Waals surface area contributed by atoms with Crippen molar-refractivity contribution in [3.05, 3.63) is 5.82 Å². The highest BCUT2D eigenvalue weighted by Crippen LogP contribution is 2.17. The number of ether oxygens (including phenoxy) is 2. The zero-order valence-electron chi connectivity index (χ0n) is 13.5. The summed E-state index contributed by atoms with van der Waals surface area (Å²) in [6.45, 7) is 6.82. The van der Waals surface area contributed by atoms with E-state index in [0.717, 1.165) is 0 Å². The molecule has 0 radical (unpaired) electrons. The molecule has 2 atom stereocenters. The average molecular weight is 312 g/mol. The van der Waals surface area contributed by atoms with Gasteiger partial charge in [0.2, 0.25) is 0 Å². The summed E-state index contributed by atoms with van der Waals surface area (Å²) in [7, 11) is 1.69. The number of morpholine rings is 1. The predicted molar refractivity (Wildman–Crippen MR) is 78.0 cm³/mol. The van der Waals surface area contributed by atoms with Crippen molar-refractivity contribution in [2.24, 2.45) is 12.8 Å². The third-order valence-corrected chi connectivity index (χ3v) is 3.26. The lowest BCUT2D eigenvalue weighted by molar-refractivity contribution is -0.0380. The monoisotopic (exact) mass is 312 g/mol. The van der Waals surface area contributed by atoms with Crippen LogP contribution in [0, 0.1) is 0 Å². The number of carbonyl (C=O) groups is 1. The molecule has 1 saturated heterocycles. The van der Waals surface area contributed by atoms with Crippen LogP contribution in [0.3, 0.4) is 0 Å². The Hall–Kier alpha value is -1.74. The minimum Gasteiger partial charge on any atom is -0.444 e. The summed E-state index contributed by atoms with van der Waals surface area (Å²) >= 11 is 0. The van der Waals surface area contributed by atoms with E-state index >= 15 is 0 Å². The number of rotatable bonds is 3. The number of hydrogen-bond donors (Lipinski definition) is 1. The Bertz CT molecular complexity index is 512. The van der Waals surface area contributed by atoms with Gasteiger partial charge in [-0.3, -0.25) is 4.90 Å². The molecule has 9 nitrogen and oxygen atoms in total. The van der Waals surface area contributed by atoms with E-state index in [-0.39, 0.29) is 18.2 Å². The van der Waals surface area contributed by atoms with Gasteiger partial charge in [0.05, 0.1) is 26.3 Å². The number of nitrogens with zero attached hydrogens (tertiary/aromatic N) is 5. The van der Waals surface area contributed by atoms with E-state index in [1.807, 2.05) is 20.8 Å². The molecule has 2 unspecified atom stereocenters. The highest BCUT2D eigenvalue weighted by atomic mass is 16.6. The number of carbonyl (C=O) groups excluding carboxylic acids is 1. The van der Waals surface area contributed by atoms with Crippen LogP contribution >= 0.6 is 0 Å². The first-order chi connectivity index (χ1) is 10.3. The molecular formula is C13H24N6O3. The lowest BCUT2D eigenvalue weighted by Gasteiger charge is -2.39. The summed E-state index contributed by atoms with van der Waals surface area (Å²) in [4.78, 5) is 15.3. The van der Waals surface area contributed by atoms with Crippen LogP contribution in [0.25, 0.3) is 0 Å². The summed E-state index contributed by atoms with van der Waals surface area (Å²) in [5, 5.41) is 11.8. The largest absolute Gasteiger partial charge is 0.444 e. The van der Waals surface area contributed by atoms with Gasteiger partial charge in [-0.15, -0.1) is 10.2 Å². The number of aromatic nitrogens is 4. The van der Waals surface area contributed by atoms with Gasteiger partial charge in [0.1, 0.15) is 5.60 Å². The molecule has 2 N–H and O–H groups in total. The molecule has 0 aliphatic carbocycles. The molecule has 2 rings (SSSR count). The molecule has 1 aromatic rings. The lowest BCUT2D eigenvalue weighted by atomic mass is 10.0. The van der Waals surface area contributed by atoms with Crippen molar-refractivity contribution >= 4 is 6.09 Å². The molecule has 1 fully saturated rings. The van der Waals surface area contributed by atoms with Gasteiger partial charge in [0, 0.05) is 19.0 Å². The third kappa shape index (κ3) is 4.38. The van der Waals surface area contributed by atoms with Crippen molar-refractivity contribution in [1.82, 2.24) is 25.1 Å². The minimum atomic E-state index is -0.545. The van der Waals surface area contributed by atoms with Crippen molar-refractivity contribution in [3.8, 4) is 0 Å². The topological polar surface area (TPSA) is 108 Å². The standard InChI is InChI=1S/C13H24N6O3/c1-13(2,3)22-12(20)19-5-6-21-8-10(19)9(14)7-11-15-17-18(4)16-11/h9-10H,5-8,14H2,1-4H3. The molecule has 1 aliphatic rings. The van der Waals surface area contributed by atoms with Crippen molar-refractivity contribution in [2.75, 3.05) is 19.8 Å². The number of nitrogens with two attached hydrogens (primary N) is 1. The van der Waals surface area contributed by atoms with Crippen LogP contribution in [0.5, 0.6) is 0 Å².